The highest BCUT2D eigenvalue weighted by molar-refractivity contribution is 5.14. The van der Waals surface area contributed by atoms with Crippen LogP contribution in [0.15, 0.2) is 12.4 Å². The number of nitrogens with zero attached hydrogens (tertiary/aromatic N) is 2. The standard InChI is InChI=1S/C16H29N3O/c1-5-8-13(9-6-2)15(17-7-3)10-14-11-16(20-4)19-12-18-14/h11-13,15,17H,5-10H2,1-4H3. The molecule has 0 aliphatic heterocycles. The summed E-state index contributed by atoms with van der Waals surface area (Å²) in [7, 11) is 1.64. The predicted octanol–water partition coefficient (Wildman–Crippen LogP) is 3.22. The minimum absolute atomic E-state index is 0.486. The van der Waals surface area contributed by atoms with E-state index in [-0.39, 0.29) is 0 Å². The van der Waals surface area contributed by atoms with Crippen LogP contribution >= 0.6 is 0 Å². The van der Waals surface area contributed by atoms with Crippen molar-refractivity contribution in [3.8, 4) is 5.88 Å². The van der Waals surface area contributed by atoms with E-state index in [2.05, 4.69) is 36.1 Å². The molecule has 1 heterocycles. The molecule has 0 aliphatic carbocycles. The first kappa shape index (κ1) is 16.9. The second kappa shape index (κ2) is 9.70. The summed E-state index contributed by atoms with van der Waals surface area (Å²) >= 11 is 0. The van der Waals surface area contributed by atoms with Crippen LogP contribution in [0.25, 0.3) is 0 Å². The van der Waals surface area contributed by atoms with Gasteiger partial charge in [0.05, 0.1) is 7.11 Å². The van der Waals surface area contributed by atoms with Gasteiger partial charge in [0.15, 0.2) is 0 Å². The molecule has 0 radical (unpaired) electrons. The molecule has 0 fully saturated rings. The SMILES string of the molecule is CCCC(CCC)C(Cc1cc(OC)ncn1)NCC. The van der Waals surface area contributed by atoms with E-state index >= 15 is 0 Å². The van der Waals surface area contributed by atoms with Gasteiger partial charge in [0.25, 0.3) is 0 Å². The number of hydrogen-bond donors (Lipinski definition) is 1. The molecule has 114 valence electrons. The highest BCUT2D eigenvalue weighted by Crippen LogP contribution is 2.21. The Morgan fingerprint density at radius 3 is 2.40 bits per heavy atom. The summed E-state index contributed by atoms with van der Waals surface area (Å²) in [4.78, 5) is 8.46. The second-order valence-corrected chi connectivity index (χ2v) is 5.26. The number of rotatable bonds is 10. The van der Waals surface area contributed by atoms with Crippen molar-refractivity contribution < 1.29 is 4.74 Å². The Morgan fingerprint density at radius 2 is 1.85 bits per heavy atom. The van der Waals surface area contributed by atoms with Gasteiger partial charge >= 0.3 is 0 Å². The highest BCUT2D eigenvalue weighted by Gasteiger charge is 2.20. The monoisotopic (exact) mass is 279 g/mol. The van der Waals surface area contributed by atoms with Gasteiger partial charge in [0, 0.05) is 24.2 Å². The van der Waals surface area contributed by atoms with Crippen molar-refractivity contribution in [3.05, 3.63) is 18.1 Å². The van der Waals surface area contributed by atoms with E-state index in [4.69, 9.17) is 4.74 Å². The topological polar surface area (TPSA) is 47.0 Å². The van der Waals surface area contributed by atoms with Crippen LogP contribution in [-0.2, 0) is 6.42 Å². The maximum atomic E-state index is 5.18. The Balaban J connectivity index is 2.77. The van der Waals surface area contributed by atoms with Gasteiger partial charge in [0.1, 0.15) is 6.33 Å². The Bertz CT molecular complexity index is 364. The average Bonchev–Trinajstić information content (AvgIpc) is 2.47. The molecule has 0 aromatic carbocycles. The van der Waals surface area contributed by atoms with Gasteiger partial charge in [-0.05, 0) is 25.3 Å². The summed E-state index contributed by atoms with van der Waals surface area (Å²) in [5.74, 6) is 1.36. The molecule has 1 aromatic rings. The largest absolute Gasteiger partial charge is 0.481 e. The predicted molar refractivity (Wildman–Crippen MR) is 83.1 cm³/mol. The molecule has 0 spiro atoms. The van der Waals surface area contributed by atoms with Crippen molar-refractivity contribution in [2.75, 3.05) is 13.7 Å². The molecule has 1 N–H and O–H groups in total. The van der Waals surface area contributed by atoms with E-state index in [1.54, 1.807) is 13.4 Å². The van der Waals surface area contributed by atoms with Crippen molar-refractivity contribution in [2.45, 2.75) is 58.9 Å². The molecule has 0 saturated heterocycles. The fourth-order valence-corrected chi connectivity index (χ4v) is 2.78. The zero-order valence-electron chi connectivity index (χ0n) is 13.4. The number of methoxy groups -OCH3 is 1. The van der Waals surface area contributed by atoms with Gasteiger partial charge in [-0.15, -0.1) is 0 Å². The number of aromatic nitrogens is 2. The summed E-state index contributed by atoms with van der Waals surface area (Å²) < 4.78 is 5.18. The average molecular weight is 279 g/mol. The summed E-state index contributed by atoms with van der Waals surface area (Å²) in [5.41, 5.74) is 1.06. The van der Waals surface area contributed by atoms with Gasteiger partial charge in [-0.3, -0.25) is 0 Å². The smallest absolute Gasteiger partial charge is 0.216 e. The molecule has 1 atom stereocenters. The van der Waals surface area contributed by atoms with Crippen LogP contribution in [-0.4, -0.2) is 29.7 Å². The number of ether oxygens (including phenoxy) is 1. The summed E-state index contributed by atoms with van der Waals surface area (Å²) in [6.07, 6.45) is 7.55. The molecule has 4 nitrogen and oxygen atoms in total. The van der Waals surface area contributed by atoms with E-state index in [9.17, 15) is 0 Å². The summed E-state index contributed by atoms with van der Waals surface area (Å²) in [5, 5.41) is 3.64. The molecule has 0 bridgehead atoms. The fraction of sp³-hybridized carbons (Fsp3) is 0.750. The normalized spacial score (nSPS) is 12.7. The molecule has 20 heavy (non-hydrogen) atoms. The molecule has 0 saturated carbocycles. The molecular weight excluding hydrogens is 250 g/mol. The summed E-state index contributed by atoms with van der Waals surface area (Å²) in [6.45, 7) is 7.69. The number of likely N-dealkylation sites (N-methyl/N-ethyl adjacent to an activating group) is 1. The minimum atomic E-state index is 0.486. The third kappa shape index (κ3) is 5.45. The number of nitrogens with one attached hydrogen (secondary N) is 1. The van der Waals surface area contributed by atoms with E-state index in [0.29, 0.717) is 17.8 Å². The van der Waals surface area contributed by atoms with Crippen molar-refractivity contribution in [1.29, 1.82) is 0 Å². The first-order valence-electron chi connectivity index (χ1n) is 7.83. The Hall–Kier alpha value is -1.16. The van der Waals surface area contributed by atoms with E-state index < -0.39 is 0 Å². The Morgan fingerprint density at radius 1 is 1.15 bits per heavy atom. The molecule has 1 unspecified atom stereocenters. The lowest BCUT2D eigenvalue weighted by atomic mass is 9.87. The van der Waals surface area contributed by atoms with Gasteiger partial charge in [-0.1, -0.05) is 33.6 Å². The van der Waals surface area contributed by atoms with Crippen molar-refractivity contribution in [3.63, 3.8) is 0 Å². The lowest BCUT2D eigenvalue weighted by molar-refractivity contribution is 0.310. The molecule has 1 aromatic heterocycles. The third-order valence-corrected chi connectivity index (χ3v) is 3.69. The highest BCUT2D eigenvalue weighted by atomic mass is 16.5. The van der Waals surface area contributed by atoms with Gasteiger partial charge in [-0.25, -0.2) is 9.97 Å². The Labute approximate surface area is 123 Å². The molecule has 4 heteroatoms. The van der Waals surface area contributed by atoms with Gasteiger partial charge in [0.2, 0.25) is 5.88 Å². The lowest BCUT2D eigenvalue weighted by Gasteiger charge is -2.27. The van der Waals surface area contributed by atoms with Crippen LogP contribution in [0.4, 0.5) is 0 Å². The Kier molecular flexibility index (Phi) is 8.19. The third-order valence-electron chi connectivity index (χ3n) is 3.69. The van der Waals surface area contributed by atoms with Gasteiger partial charge in [-0.2, -0.15) is 0 Å². The lowest BCUT2D eigenvalue weighted by Crippen LogP contribution is -2.38. The molecule has 0 aliphatic rings. The van der Waals surface area contributed by atoms with E-state index in [0.717, 1.165) is 18.7 Å². The van der Waals surface area contributed by atoms with Crippen molar-refractivity contribution in [2.24, 2.45) is 5.92 Å². The van der Waals surface area contributed by atoms with Crippen LogP contribution in [0.2, 0.25) is 0 Å². The molecular formula is C16H29N3O. The zero-order valence-corrected chi connectivity index (χ0v) is 13.4. The minimum Gasteiger partial charge on any atom is -0.481 e. The zero-order chi connectivity index (χ0) is 14.8. The van der Waals surface area contributed by atoms with Crippen LogP contribution < -0.4 is 10.1 Å². The van der Waals surface area contributed by atoms with E-state index in [1.807, 2.05) is 6.07 Å². The van der Waals surface area contributed by atoms with Gasteiger partial charge < -0.3 is 10.1 Å². The van der Waals surface area contributed by atoms with Crippen LogP contribution in [0.3, 0.4) is 0 Å². The summed E-state index contributed by atoms with van der Waals surface area (Å²) in [6, 6.07) is 2.43. The fourth-order valence-electron chi connectivity index (χ4n) is 2.78. The van der Waals surface area contributed by atoms with Crippen LogP contribution in [0.1, 0.15) is 52.1 Å². The molecule has 0 amide bonds. The van der Waals surface area contributed by atoms with Crippen LogP contribution in [0.5, 0.6) is 5.88 Å². The molecule has 1 rings (SSSR count). The van der Waals surface area contributed by atoms with Crippen molar-refractivity contribution >= 4 is 0 Å². The maximum absolute atomic E-state index is 5.18. The first-order chi connectivity index (χ1) is 9.74. The second-order valence-electron chi connectivity index (χ2n) is 5.26. The van der Waals surface area contributed by atoms with Crippen molar-refractivity contribution in [1.82, 2.24) is 15.3 Å². The van der Waals surface area contributed by atoms with E-state index in [1.165, 1.54) is 25.7 Å². The van der Waals surface area contributed by atoms with Crippen LogP contribution in [0, 0.1) is 5.92 Å². The quantitative estimate of drug-likeness (QED) is 0.714. The number of hydrogen-bond acceptors (Lipinski definition) is 4. The first-order valence-corrected chi connectivity index (χ1v) is 7.83. The maximum Gasteiger partial charge on any atom is 0.216 e.